The number of nitrogens with one attached hydrogen (secondary N) is 1. The molecule has 0 aliphatic heterocycles. The lowest BCUT2D eigenvalue weighted by molar-refractivity contribution is 0.282. The molecule has 0 spiro atoms. The molecule has 0 radical (unpaired) electrons. The molecular weight excluding hydrogens is 463 g/mol. The molecule has 1 heterocycles. The predicted octanol–water partition coefficient (Wildman–Crippen LogP) is 6.03. The topological polar surface area (TPSA) is 43.4 Å². The summed E-state index contributed by atoms with van der Waals surface area (Å²) in [4.78, 5) is 4.30. The van der Waals surface area contributed by atoms with Crippen molar-refractivity contribution in [3.8, 4) is 11.5 Å². The summed E-state index contributed by atoms with van der Waals surface area (Å²) in [5.74, 6) is 1.24. The van der Waals surface area contributed by atoms with Gasteiger partial charge in [0, 0.05) is 34.9 Å². The lowest BCUT2D eigenvalue weighted by atomic mass is 10.2. The summed E-state index contributed by atoms with van der Waals surface area (Å²) in [6.07, 6.45) is 1.79. The van der Waals surface area contributed by atoms with Crippen LogP contribution in [0.3, 0.4) is 0 Å². The molecule has 146 valence electrons. The monoisotopic (exact) mass is 480 g/mol. The molecule has 0 aliphatic rings. The first-order chi connectivity index (χ1) is 13.6. The number of ether oxygens (including phenoxy) is 2. The lowest BCUT2D eigenvalue weighted by Crippen LogP contribution is -2.13. The lowest BCUT2D eigenvalue weighted by Gasteiger charge is -2.16. The number of hydrogen-bond acceptors (Lipinski definition) is 4. The zero-order valence-electron chi connectivity index (χ0n) is 15.2. The fourth-order valence-electron chi connectivity index (χ4n) is 2.67. The van der Waals surface area contributed by atoms with Crippen LogP contribution in [0.4, 0.5) is 0 Å². The molecule has 1 aromatic heterocycles. The van der Waals surface area contributed by atoms with E-state index in [0.29, 0.717) is 34.6 Å². The third-order valence-corrected chi connectivity index (χ3v) is 5.37. The quantitative estimate of drug-likeness (QED) is 0.426. The van der Waals surface area contributed by atoms with Gasteiger partial charge in [-0.25, -0.2) is 0 Å². The van der Waals surface area contributed by atoms with Crippen molar-refractivity contribution in [2.45, 2.75) is 19.7 Å². The summed E-state index contributed by atoms with van der Waals surface area (Å²) in [5, 5.41) is 4.51. The maximum absolute atomic E-state index is 6.22. The van der Waals surface area contributed by atoms with E-state index < -0.39 is 0 Å². The van der Waals surface area contributed by atoms with E-state index in [1.54, 1.807) is 31.5 Å². The highest BCUT2D eigenvalue weighted by atomic mass is 79.9. The molecule has 7 heteroatoms. The van der Waals surface area contributed by atoms with Crippen LogP contribution in [0, 0.1) is 0 Å². The molecule has 0 amide bonds. The van der Waals surface area contributed by atoms with Crippen LogP contribution in [0.2, 0.25) is 10.0 Å². The van der Waals surface area contributed by atoms with Crippen LogP contribution in [-0.2, 0) is 19.7 Å². The first kappa shape index (κ1) is 20.9. The number of pyridine rings is 1. The summed E-state index contributed by atoms with van der Waals surface area (Å²) in [6, 6.07) is 15.2. The van der Waals surface area contributed by atoms with Gasteiger partial charge in [-0.15, -0.1) is 0 Å². The molecule has 0 unspecified atom stereocenters. The zero-order chi connectivity index (χ0) is 19.9. The van der Waals surface area contributed by atoms with Crippen molar-refractivity contribution in [1.82, 2.24) is 10.3 Å². The van der Waals surface area contributed by atoms with Crippen molar-refractivity contribution >= 4 is 39.1 Å². The van der Waals surface area contributed by atoms with Crippen molar-refractivity contribution in [3.05, 3.63) is 86.1 Å². The van der Waals surface area contributed by atoms with E-state index in [2.05, 4.69) is 26.2 Å². The Morgan fingerprint density at radius 1 is 1.04 bits per heavy atom. The Kier molecular flexibility index (Phi) is 7.57. The highest BCUT2D eigenvalue weighted by Gasteiger charge is 2.14. The average Bonchev–Trinajstić information content (AvgIpc) is 2.69. The molecule has 1 N–H and O–H groups in total. The largest absolute Gasteiger partial charge is 0.493 e. The van der Waals surface area contributed by atoms with Crippen LogP contribution in [0.1, 0.15) is 16.8 Å². The number of benzene rings is 2. The van der Waals surface area contributed by atoms with Gasteiger partial charge in [-0.1, -0.05) is 35.3 Å². The van der Waals surface area contributed by atoms with Gasteiger partial charge < -0.3 is 14.8 Å². The Labute approximate surface area is 182 Å². The summed E-state index contributed by atoms with van der Waals surface area (Å²) in [5.41, 5.74) is 2.79. The molecule has 4 nitrogen and oxygen atoms in total. The van der Waals surface area contributed by atoms with Gasteiger partial charge in [-0.2, -0.15) is 0 Å². The average molecular weight is 482 g/mol. The van der Waals surface area contributed by atoms with E-state index in [1.165, 1.54) is 0 Å². The SMILES string of the molecule is COc1cc(CNCc2ccccn2)cc(Br)c1OCc1c(Cl)cccc1Cl. The van der Waals surface area contributed by atoms with E-state index in [4.69, 9.17) is 32.7 Å². The van der Waals surface area contributed by atoms with Crippen molar-refractivity contribution < 1.29 is 9.47 Å². The van der Waals surface area contributed by atoms with Gasteiger partial charge in [0.25, 0.3) is 0 Å². The second-order valence-electron chi connectivity index (χ2n) is 6.02. The number of rotatable bonds is 8. The molecule has 0 bridgehead atoms. The standard InChI is InChI=1S/C21H19BrCl2N2O2/c1-27-20-10-14(11-25-12-15-5-2-3-8-26-15)9-17(22)21(20)28-13-16-18(23)6-4-7-19(16)24/h2-10,25H,11-13H2,1H3. The van der Waals surface area contributed by atoms with E-state index >= 15 is 0 Å². The molecule has 0 fully saturated rings. The second-order valence-corrected chi connectivity index (χ2v) is 7.69. The van der Waals surface area contributed by atoms with Crippen molar-refractivity contribution in [3.63, 3.8) is 0 Å². The van der Waals surface area contributed by atoms with Crippen LogP contribution in [0.25, 0.3) is 0 Å². The summed E-state index contributed by atoms with van der Waals surface area (Å²) in [6.45, 7) is 1.59. The smallest absolute Gasteiger partial charge is 0.175 e. The second kappa shape index (κ2) is 10.1. The van der Waals surface area contributed by atoms with Crippen LogP contribution in [0.5, 0.6) is 11.5 Å². The van der Waals surface area contributed by atoms with Crippen molar-refractivity contribution in [2.75, 3.05) is 7.11 Å². The van der Waals surface area contributed by atoms with Crippen LogP contribution < -0.4 is 14.8 Å². The number of aromatic nitrogens is 1. The first-order valence-electron chi connectivity index (χ1n) is 8.61. The Morgan fingerprint density at radius 2 is 1.82 bits per heavy atom. The van der Waals surface area contributed by atoms with Gasteiger partial charge in [0.15, 0.2) is 11.5 Å². The first-order valence-corrected chi connectivity index (χ1v) is 10.2. The number of methoxy groups -OCH3 is 1. The van der Waals surface area contributed by atoms with Crippen LogP contribution in [-0.4, -0.2) is 12.1 Å². The van der Waals surface area contributed by atoms with E-state index in [9.17, 15) is 0 Å². The Balaban J connectivity index is 1.69. The summed E-state index contributed by atoms with van der Waals surface area (Å²) >= 11 is 16.0. The summed E-state index contributed by atoms with van der Waals surface area (Å²) in [7, 11) is 1.61. The molecule has 28 heavy (non-hydrogen) atoms. The van der Waals surface area contributed by atoms with Gasteiger partial charge >= 0.3 is 0 Å². The van der Waals surface area contributed by atoms with E-state index in [0.717, 1.165) is 21.3 Å². The van der Waals surface area contributed by atoms with Crippen LogP contribution >= 0.6 is 39.1 Å². The minimum atomic E-state index is 0.241. The molecule has 0 saturated carbocycles. The normalized spacial score (nSPS) is 10.7. The predicted molar refractivity (Wildman–Crippen MR) is 116 cm³/mol. The minimum Gasteiger partial charge on any atom is -0.493 e. The third kappa shape index (κ3) is 5.39. The summed E-state index contributed by atoms with van der Waals surface area (Å²) < 4.78 is 12.3. The maximum atomic E-state index is 6.22. The highest BCUT2D eigenvalue weighted by Crippen LogP contribution is 2.38. The number of halogens is 3. The molecular formula is C21H19BrCl2N2O2. The van der Waals surface area contributed by atoms with Gasteiger partial charge in [0.1, 0.15) is 6.61 Å². The molecule has 0 saturated heterocycles. The molecule has 0 atom stereocenters. The number of nitrogens with zero attached hydrogens (tertiary/aromatic N) is 1. The highest BCUT2D eigenvalue weighted by molar-refractivity contribution is 9.10. The molecule has 0 aliphatic carbocycles. The van der Waals surface area contributed by atoms with Gasteiger partial charge in [0.2, 0.25) is 0 Å². The maximum Gasteiger partial charge on any atom is 0.175 e. The zero-order valence-corrected chi connectivity index (χ0v) is 18.3. The van der Waals surface area contributed by atoms with Crippen molar-refractivity contribution in [2.24, 2.45) is 0 Å². The minimum absolute atomic E-state index is 0.241. The third-order valence-electron chi connectivity index (χ3n) is 4.07. The van der Waals surface area contributed by atoms with Gasteiger partial charge in [-0.3, -0.25) is 4.98 Å². The Bertz CT molecular complexity index is 919. The fraction of sp³-hybridized carbons (Fsp3) is 0.190. The van der Waals surface area contributed by atoms with E-state index in [-0.39, 0.29) is 6.61 Å². The van der Waals surface area contributed by atoms with Crippen molar-refractivity contribution in [1.29, 1.82) is 0 Å². The van der Waals surface area contributed by atoms with Crippen LogP contribution in [0.15, 0.2) is 59.2 Å². The number of hydrogen-bond donors (Lipinski definition) is 1. The van der Waals surface area contributed by atoms with Gasteiger partial charge in [-0.05, 0) is 57.9 Å². The van der Waals surface area contributed by atoms with Gasteiger partial charge in [0.05, 0.1) is 17.3 Å². The molecule has 2 aromatic carbocycles. The Hall–Kier alpha value is -1.79. The Morgan fingerprint density at radius 3 is 2.50 bits per heavy atom. The fourth-order valence-corrected chi connectivity index (χ4v) is 3.78. The van der Waals surface area contributed by atoms with E-state index in [1.807, 2.05) is 30.3 Å². The molecule has 3 aromatic rings. The molecule has 3 rings (SSSR count).